The highest BCUT2D eigenvalue weighted by atomic mass is 16.3. The highest BCUT2D eigenvalue weighted by Gasteiger charge is 2.22. The number of phenolic OH excluding ortho intramolecular Hbond substituents is 1. The molecule has 4 heteroatoms. The Hall–Kier alpha value is -1.81. The lowest BCUT2D eigenvalue weighted by molar-refractivity contribution is 0.474. The third-order valence-electron chi connectivity index (χ3n) is 3.66. The van der Waals surface area contributed by atoms with Crippen molar-refractivity contribution in [1.29, 1.82) is 0 Å². The van der Waals surface area contributed by atoms with E-state index in [-0.39, 0.29) is 0 Å². The second-order valence-electron chi connectivity index (χ2n) is 4.80. The Bertz CT molecular complexity index is 562. The molecule has 0 saturated heterocycles. The van der Waals surface area contributed by atoms with Crippen LogP contribution in [0.25, 0.3) is 0 Å². The van der Waals surface area contributed by atoms with Crippen LogP contribution in [0.2, 0.25) is 0 Å². The molecule has 1 atom stereocenters. The minimum Gasteiger partial charge on any atom is -0.508 e. The molecule has 18 heavy (non-hydrogen) atoms. The molecule has 94 valence electrons. The number of hydrogen-bond acceptors (Lipinski definition) is 3. The molecule has 0 radical (unpaired) electrons. The Morgan fingerprint density at radius 2 is 2.33 bits per heavy atom. The van der Waals surface area contributed by atoms with Crippen LogP contribution in [0.5, 0.6) is 5.75 Å². The zero-order valence-corrected chi connectivity index (χ0v) is 10.4. The van der Waals surface area contributed by atoms with Crippen LogP contribution in [-0.2, 0) is 20.0 Å². The predicted molar refractivity (Wildman–Crippen MR) is 69.2 cm³/mol. The molecule has 0 aliphatic heterocycles. The van der Waals surface area contributed by atoms with E-state index in [0.29, 0.717) is 11.8 Å². The second-order valence-corrected chi connectivity index (χ2v) is 4.80. The average Bonchev–Trinajstić information content (AvgIpc) is 2.93. The molecule has 0 amide bonds. The highest BCUT2D eigenvalue weighted by Crippen LogP contribution is 2.33. The van der Waals surface area contributed by atoms with Gasteiger partial charge in [0.2, 0.25) is 0 Å². The molecule has 4 nitrogen and oxygen atoms in total. The maximum atomic E-state index is 9.47. The fourth-order valence-corrected chi connectivity index (χ4v) is 2.62. The maximum absolute atomic E-state index is 9.47. The van der Waals surface area contributed by atoms with Crippen LogP contribution >= 0.6 is 0 Å². The molecule has 1 aromatic heterocycles. The molecule has 0 bridgehead atoms. The third kappa shape index (κ3) is 1.99. The molecule has 0 spiro atoms. The number of aryl methyl sites for hydroxylation is 2. The number of fused-ring (bicyclic) bond motifs is 1. The zero-order valence-electron chi connectivity index (χ0n) is 10.4. The van der Waals surface area contributed by atoms with Crippen LogP contribution in [0.4, 0.5) is 0 Å². The number of rotatable bonds is 3. The smallest absolute Gasteiger partial charge is 0.115 e. The molecule has 0 fully saturated rings. The lowest BCUT2D eigenvalue weighted by atomic mass is 10.1. The van der Waals surface area contributed by atoms with Gasteiger partial charge in [0.15, 0.2) is 0 Å². The third-order valence-corrected chi connectivity index (χ3v) is 3.66. The van der Waals surface area contributed by atoms with Gasteiger partial charge in [-0.3, -0.25) is 4.68 Å². The first-order chi connectivity index (χ1) is 8.74. The summed E-state index contributed by atoms with van der Waals surface area (Å²) < 4.78 is 1.89. The van der Waals surface area contributed by atoms with Crippen molar-refractivity contribution in [3.05, 3.63) is 47.3 Å². The Balaban J connectivity index is 1.71. The molecule has 2 aromatic rings. The molecule has 1 aromatic carbocycles. The van der Waals surface area contributed by atoms with Crippen molar-refractivity contribution < 1.29 is 5.11 Å². The number of aromatic hydroxyl groups is 1. The number of nitrogens with one attached hydrogen (secondary N) is 1. The minimum atomic E-state index is 0.362. The monoisotopic (exact) mass is 243 g/mol. The number of aromatic nitrogens is 2. The number of nitrogens with zero attached hydrogens (tertiary/aromatic N) is 2. The normalized spacial score (nSPS) is 17.9. The summed E-state index contributed by atoms with van der Waals surface area (Å²) >= 11 is 0. The highest BCUT2D eigenvalue weighted by molar-refractivity contribution is 5.40. The fraction of sp³-hybridized carbons (Fsp3) is 0.357. The Kier molecular flexibility index (Phi) is 2.80. The minimum absolute atomic E-state index is 0.362. The van der Waals surface area contributed by atoms with Gasteiger partial charge in [0.05, 0.1) is 5.69 Å². The van der Waals surface area contributed by atoms with E-state index in [1.165, 1.54) is 16.8 Å². The van der Waals surface area contributed by atoms with E-state index < -0.39 is 0 Å². The van der Waals surface area contributed by atoms with E-state index in [4.69, 9.17) is 0 Å². The van der Waals surface area contributed by atoms with Gasteiger partial charge in [-0.15, -0.1) is 0 Å². The Morgan fingerprint density at radius 3 is 3.11 bits per heavy atom. The number of hydrogen-bond donors (Lipinski definition) is 2. The Labute approximate surface area is 106 Å². The van der Waals surface area contributed by atoms with E-state index in [2.05, 4.69) is 10.4 Å². The van der Waals surface area contributed by atoms with Gasteiger partial charge < -0.3 is 10.4 Å². The van der Waals surface area contributed by atoms with E-state index in [0.717, 1.165) is 19.4 Å². The van der Waals surface area contributed by atoms with E-state index in [1.54, 1.807) is 6.07 Å². The van der Waals surface area contributed by atoms with Crippen LogP contribution in [0.1, 0.15) is 29.3 Å². The summed E-state index contributed by atoms with van der Waals surface area (Å²) in [5, 5.41) is 17.2. The molecule has 2 N–H and O–H groups in total. The number of phenols is 1. The zero-order chi connectivity index (χ0) is 12.5. The van der Waals surface area contributed by atoms with Crippen molar-refractivity contribution in [3.63, 3.8) is 0 Å². The predicted octanol–water partition coefficient (Wildman–Crippen LogP) is 1.90. The average molecular weight is 243 g/mol. The van der Waals surface area contributed by atoms with Gasteiger partial charge in [0.1, 0.15) is 5.75 Å². The molecular formula is C14H17N3O. The lowest BCUT2D eigenvalue weighted by Crippen LogP contribution is -2.20. The first-order valence-corrected chi connectivity index (χ1v) is 6.26. The number of benzene rings is 1. The summed E-state index contributed by atoms with van der Waals surface area (Å²) in [6, 6.07) is 8.08. The van der Waals surface area contributed by atoms with Crippen molar-refractivity contribution in [2.75, 3.05) is 0 Å². The van der Waals surface area contributed by atoms with Crippen molar-refractivity contribution in [2.45, 2.75) is 25.4 Å². The molecule has 0 saturated carbocycles. The van der Waals surface area contributed by atoms with Crippen LogP contribution < -0.4 is 5.32 Å². The fourth-order valence-electron chi connectivity index (χ4n) is 2.62. The van der Waals surface area contributed by atoms with Gasteiger partial charge in [-0.1, -0.05) is 6.07 Å². The van der Waals surface area contributed by atoms with Gasteiger partial charge >= 0.3 is 0 Å². The molecule has 1 unspecified atom stereocenters. The van der Waals surface area contributed by atoms with Gasteiger partial charge in [-0.25, -0.2) is 0 Å². The summed E-state index contributed by atoms with van der Waals surface area (Å²) in [5.41, 5.74) is 3.76. The van der Waals surface area contributed by atoms with Crippen molar-refractivity contribution in [1.82, 2.24) is 15.1 Å². The SMILES string of the molecule is Cn1nccc1CNC1CCc2cc(O)ccc21. The van der Waals surface area contributed by atoms with Gasteiger partial charge in [0, 0.05) is 25.8 Å². The van der Waals surface area contributed by atoms with Crippen LogP contribution in [0.15, 0.2) is 30.5 Å². The first kappa shape index (κ1) is 11.3. The summed E-state index contributed by atoms with van der Waals surface area (Å²) in [4.78, 5) is 0. The van der Waals surface area contributed by atoms with Crippen LogP contribution in [0.3, 0.4) is 0 Å². The van der Waals surface area contributed by atoms with E-state index >= 15 is 0 Å². The molecular weight excluding hydrogens is 226 g/mol. The summed E-state index contributed by atoms with van der Waals surface area (Å²) in [6.45, 7) is 0.821. The summed E-state index contributed by atoms with van der Waals surface area (Å²) in [5.74, 6) is 0.362. The van der Waals surface area contributed by atoms with Crippen molar-refractivity contribution >= 4 is 0 Å². The first-order valence-electron chi connectivity index (χ1n) is 6.26. The summed E-state index contributed by atoms with van der Waals surface area (Å²) in [6.07, 6.45) is 3.95. The molecule has 1 heterocycles. The summed E-state index contributed by atoms with van der Waals surface area (Å²) in [7, 11) is 1.96. The standard InChI is InChI=1S/C14H17N3O/c1-17-11(6-7-16-17)9-15-14-5-2-10-8-12(18)3-4-13(10)14/h3-4,6-8,14-15,18H,2,5,9H2,1H3. The lowest BCUT2D eigenvalue weighted by Gasteiger charge is -2.14. The van der Waals surface area contributed by atoms with Crippen molar-refractivity contribution in [3.8, 4) is 5.75 Å². The Morgan fingerprint density at radius 1 is 1.44 bits per heavy atom. The molecule has 1 aliphatic rings. The maximum Gasteiger partial charge on any atom is 0.115 e. The van der Waals surface area contributed by atoms with Crippen molar-refractivity contribution in [2.24, 2.45) is 7.05 Å². The molecule has 3 rings (SSSR count). The van der Waals surface area contributed by atoms with Crippen LogP contribution in [0, 0.1) is 0 Å². The quantitative estimate of drug-likeness (QED) is 0.865. The van der Waals surface area contributed by atoms with Gasteiger partial charge in [-0.05, 0) is 42.2 Å². The molecule has 1 aliphatic carbocycles. The largest absolute Gasteiger partial charge is 0.508 e. The topological polar surface area (TPSA) is 50.1 Å². The second kappa shape index (κ2) is 4.46. The van der Waals surface area contributed by atoms with E-state index in [9.17, 15) is 5.11 Å². The van der Waals surface area contributed by atoms with Gasteiger partial charge in [0.25, 0.3) is 0 Å². The van der Waals surface area contributed by atoms with Gasteiger partial charge in [-0.2, -0.15) is 5.10 Å². The van der Waals surface area contributed by atoms with Crippen LogP contribution in [-0.4, -0.2) is 14.9 Å². The van der Waals surface area contributed by atoms with E-state index in [1.807, 2.05) is 36.1 Å².